The fourth-order valence-electron chi connectivity index (χ4n) is 6.70. The lowest BCUT2D eigenvalue weighted by molar-refractivity contribution is -0.122. The minimum Gasteiger partial charge on any atom is -0.493 e. The molecule has 42 heavy (non-hydrogen) atoms. The van der Waals surface area contributed by atoms with Gasteiger partial charge in [-0.1, -0.05) is 31.5 Å². The van der Waals surface area contributed by atoms with Gasteiger partial charge in [-0.15, -0.1) is 0 Å². The van der Waals surface area contributed by atoms with E-state index in [-0.39, 0.29) is 17.2 Å². The summed E-state index contributed by atoms with van der Waals surface area (Å²) in [4.78, 5) is 30.9. The number of amides is 2. The minimum atomic E-state index is 0.0311. The SMILES string of the molecule is CCCOc1ccc(C(=O)N2CCC3(CCCCc4ccccc4OCCCC(=O)NC3)CC2)cc1N1CCCCC1. The Morgan fingerprint density at radius 1 is 0.929 bits per heavy atom. The summed E-state index contributed by atoms with van der Waals surface area (Å²) in [5.41, 5.74) is 3.09. The largest absolute Gasteiger partial charge is 0.493 e. The maximum absolute atomic E-state index is 13.8. The highest BCUT2D eigenvalue weighted by Gasteiger charge is 2.36. The van der Waals surface area contributed by atoms with Crippen molar-refractivity contribution in [3.8, 4) is 11.5 Å². The lowest BCUT2D eigenvalue weighted by atomic mass is 9.74. The summed E-state index contributed by atoms with van der Waals surface area (Å²) >= 11 is 0. The first-order valence-electron chi connectivity index (χ1n) is 16.4. The molecule has 3 aliphatic heterocycles. The quantitative estimate of drug-likeness (QED) is 0.447. The first kappa shape index (κ1) is 30.2. The molecular formula is C35H49N3O4. The van der Waals surface area contributed by atoms with E-state index in [1.54, 1.807) is 0 Å². The molecule has 7 nitrogen and oxygen atoms in total. The predicted molar refractivity (Wildman–Crippen MR) is 168 cm³/mol. The standard InChI is InChI=1S/C35H49N3O4/c1-2-24-41-32-16-15-29(26-30(32)37-20-8-3-9-21-37)34(40)38-22-18-35(19-23-38)17-7-6-12-28-11-4-5-13-31(28)42-25-10-14-33(39)36-27-35/h4-5,11,13,15-16,26H,2-3,6-10,12,14,17-25,27H2,1H3,(H,36,39). The molecule has 0 aliphatic carbocycles. The average molecular weight is 576 g/mol. The first-order valence-corrected chi connectivity index (χ1v) is 16.4. The monoisotopic (exact) mass is 575 g/mol. The highest BCUT2D eigenvalue weighted by molar-refractivity contribution is 5.95. The molecule has 2 saturated heterocycles. The van der Waals surface area contributed by atoms with E-state index in [1.165, 1.54) is 24.8 Å². The molecule has 228 valence electrons. The van der Waals surface area contributed by atoms with Crippen LogP contribution in [0, 0.1) is 5.41 Å². The van der Waals surface area contributed by atoms with E-state index in [0.29, 0.717) is 32.6 Å². The number of rotatable bonds is 5. The van der Waals surface area contributed by atoms with Crippen LogP contribution in [0.4, 0.5) is 5.69 Å². The number of hydrogen-bond acceptors (Lipinski definition) is 5. The second kappa shape index (κ2) is 14.8. The van der Waals surface area contributed by atoms with Gasteiger partial charge in [0.15, 0.2) is 0 Å². The van der Waals surface area contributed by atoms with Crippen LogP contribution in [0.3, 0.4) is 0 Å². The van der Waals surface area contributed by atoms with Gasteiger partial charge in [-0.05, 0) is 99.5 Å². The van der Waals surface area contributed by atoms with Crippen LogP contribution in [0.15, 0.2) is 42.5 Å². The van der Waals surface area contributed by atoms with Crippen molar-refractivity contribution in [1.82, 2.24) is 10.2 Å². The van der Waals surface area contributed by atoms with Gasteiger partial charge < -0.3 is 24.6 Å². The molecule has 0 radical (unpaired) electrons. The summed E-state index contributed by atoms with van der Waals surface area (Å²) in [5.74, 6) is 2.03. The summed E-state index contributed by atoms with van der Waals surface area (Å²) in [6, 6.07) is 14.3. The number of aryl methyl sites for hydroxylation is 1. The molecule has 3 aliphatic rings. The zero-order chi connectivity index (χ0) is 29.2. The Balaban J connectivity index is 1.25. The Morgan fingerprint density at radius 3 is 2.55 bits per heavy atom. The number of piperidine rings is 2. The van der Waals surface area contributed by atoms with Gasteiger partial charge in [0.25, 0.3) is 5.91 Å². The Kier molecular flexibility index (Phi) is 10.7. The molecule has 1 spiro atoms. The van der Waals surface area contributed by atoms with Gasteiger partial charge in [0.1, 0.15) is 11.5 Å². The Morgan fingerprint density at radius 2 is 1.74 bits per heavy atom. The van der Waals surface area contributed by atoms with Crippen molar-refractivity contribution in [3.05, 3.63) is 53.6 Å². The van der Waals surface area contributed by atoms with Crippen molar-refractivity contribution >= 4 is 17.5 Å². The van der Waals surface area contributed by atoms with Crippen LogP contribution in [0.1, 0.15) is 93.5 Å². The van der Waals surface area contributed by atoms with Crippen molar-refractivity contribution < 1.29 is 19.1 Å². The number of anilines is 1. The molecule has 2 aromatic carbocycles. The average Bonchev–Trinajstić information content (AvgIpc) is 3.04. The van der Waals surface area contributed by atoms with E-state index in [1.807, 2.05) is 29.2 Å². The molecule has 2 amide bonds. The van der Waals surface area contributed by atoms with E-state index in [4.69, 9.17) is 9.47 Å². The molecule has 2 fully saturated rings. The third-order valence-electron chi connectivity index (χ3n) is 9.32. The molecule has 1 N–H and O–H groups in total. The molecule has 0 aromatic heterocycles. The molecule has 7 heteroatoms. The molecule has 2 aromatic rings. The van der Waals surface area contributed by atoms with Gasteiger partial charge in [0.2, 0.25) is 5.91 Å². The fourth-order valence-corrected chi connectivity index (χ4v) is 6.70. The topological polar surface area (TPSA) is 71.1 Å². The minimum absolute atomic E-state index is 0.0311. The van der Waals surface area contributed by atoms with Gasteiger partial charge in [-0.25, -0.2) is 0 Å². The normalized spacial score (nSPS) is 20.2. The van der Waals surface area contributed by atoms with Crippen LogP contribution in [-0.2, 0) is 11.2 Å². The lowest BCUT2D eigenvalue weighted by Gasteiger charge is -2.42. The summed E-state index contributed by atoms with van der Waals surface area (Å²) in [6.45, 7) is 7.50. The smallest absolute Gasteiger partial charge is 0.253 e. The molecule has 3 heterocycles. The number of nitrogens with one attached hydrogen (secondary N) is 1. The van der Waals surface area contributed by atoms with E-state index in [9.17, 15) is 9.59 Å². The van der Waals surface area contributed by atoms with Crippen LogP contribution in [0.25, 0.3) is 0 Å². The van der Waals surface area contributed by atoms with Crippen LogP contribution in [-0.4, -0.2) is 62.7 Å². The molecule has 0 bridgehead atoms. The number of para-hydroxylation sites is 1. The molecule has 5 rings (SSSR count). The van der Waals surface area contributed by atoms with Crippen LogP contribution in [0.2, 0.25) is 0 Å². The van der Waals surface area contributed by atoms with Gasteiger partial charge in [-0.3, -0.25) is 9.59 Å². The van der Waals surface area contributed by atoms with Crippen molar-refractivity contribution in [2.75, 3.05) is 50.8 Å². The molecule has 0 saturated carbocycles. The Bertz CT molecular complexity index is 1180. The number of hydrogen-bond donors (Lipinski definition) is 1. The maximum atomic E-state index is 13.8. The predicted octanol–water partition coefficient (Wildman–Crippen LogP) is 6.39. The number of likely N-dealkylation sites (tertiary alicyclic amines) is 1. The maximum Gasteiger partial charge on any atom is 0.253 e. The fraction of sp³-hybridized carbons (Fsp3) is 0.600. The van der Waals surface area contributed by atoms with Crippen molar-refractivity contribution in [3.63, 3.8) is 0 Å². The van der Waals surface area contributed by atoms with E-state index in [2.05, 4.69) is 35.3 Å². The summed E-state index contributed by atoms with van der Waals surface area (Å²) in [5, 5.41) is 3.24. The van der Waals surface area contributed by atoms with Crippen molar-refractivity contribution in [1.29, 1.82) is 0 Å². The van der Waals surface area contributed by atoms with Crippen LogP contribution in [0.5, 0.6) is 11.5 Å². The lowest BCUT2D eigenvalue weighted by Crippen LogP contribution is -2.48. The molecular weight excluding hydrogens is 526 g/mol. The van der Waals surface area contributed by atoms with Crippen LogP contribution >= 0.6 is 0 Å². The first-order chi connectivity index (χ1) is 20.6. The number of carbonyl (C=O) groups is 2. The second-order valence-corrected chi connectivity index (χ2v) is 12.4. The third kappa shape index (κ3) is 7.78. The number of ether oxygens (including phenoxy) is 2. The number of carbonyl (C=O) groups excluding carboxylic acids is 2. The highest BCUT2D eigenvalue weighted by Crippen LogP contribution is 2.38. The summed E-state index contributed by atoms with van der Waals surface area (Å²) in [7, 11) is 0. The van der Waals surface area contributed by atoms with Crippen molar-refractivity contribution in [2.24, 2.45) is 5.41 Å². The Hall–Kier alpha value is -3.22. The number of nitrogens with zero attached hydrogens (tertiary/aromatic N) is 2. The highest BCUT2D eigenvalue weighted by atomic mass is 16.5. The van der Waals surface area contributed by atoms with Gasteiger partial charge >= 0.3 is 0 Å². The molecule has 0 unspecified atom stereocenters. The third-order valence-corrected chi connectivity index (χ3v) is 9.32. The second-order valence-electron chi connectivity index (χ2n) is 12.4. The van der Waals surface area contributed by atoms with E-state index >= 15 is 0 Å². The van der Waals surface area contributed by atoms with Gasteiger partial charge in [0.05, 0.1) is 18.9 Å². The van der Waals surface area contributed by atoms with E-state index in [0.717, 1.165) is 93.9 Å². The number of benzene rings is 2. The Labute approximate surface area is 251 Å². The number of fused-ring (bicyclic) bond motifs is 1. The van der Waals surface area contributed by atoms with Gasteiger partial charge in [-0.2, -0.15) is 0 Å². The molecule has 0 atom stereocenters. The van der Waals surface area contributed by atoms with Crippen LogP contribution < -0.4 is 19.7 Å². The van der Waals surface area contributed by atoms with E-state index < -0.39 is 0 Å². The zero-order valence-corrected chi connectivity index (χ0v) is 25.5. The van der Waals surface area contributed by atoms with Gasteiger partial charge in [0, 0.05) is 44.7 Å². The summed E-state index contributed by atoms with van der Waals surface area (Å²) < 4.78 is 12.1. The van der Waals surface area contributed by atoms with Crippen molar-refractivity contribution in [2.45, 2.75) is 84.0 Å². The zero-order valence-electron chi connectivity index (χ0n) is 25.5. The summed E-state index contributed by atoms with van der Waals surface area (Å²) in [6.07, 6.45) is 11.8.